The molecule has 2 aliphatic heterocycles. The Kier molecular flexibility index (Phi) is 4.99. The van der Waals surface area contributed by atoms with Gasteiger partial charge in [0.05, 0.1) is 12.7 Å². The Morgan fingerprint density at radius 3 is 2.51 bits per heavy atom. The van der Waals surface area contributed by atoms with Crippen LogP contribution in [0.15, 0.2) is 36.4 Å². The molecule has 3 heterocycles. The van der Waals surface area contributed by atoms with Crippen molar-refractivity contribution in [1.29, 1.82) is 0 Å². The van der Waals surface area contributed by atoms with Gasteiger partial charge < -0.3 is 14.7 Å². The number of anilines is 1. The average Bonchev–Trinajstić information content (AvgIpc) is 3.10. The monoisotopic (exact) mass is 471 g/mol. The Hall–Kier alpha value is -3.92. The Bertz CT molecular complexity index is 1530. The molecule has 35 heavy (non-hydrogen) atoms. The van der Waals surface area contributed by atoms with Gasteiger partial charge in [0.25, 0.3) is 0 Å². The zero-order valence-corrected chi connectivity index (χ0v) is 19.2. The number of phenols is 1. The van der Waals surface area contributed by atoms with Crippen LogP contribution in [0.3, 0.4) is 0 Å². The van der Waals surface area contributed by atoms with Crippen molar-refractivity contribution in [3.63, 3.8) is 0 Å². The molecule has 2 atom stereocenters. The molecule has 1 aromatic heterocycles. The molecule has 0 amide bonds. The van der Waals surface area contributed by atoms with Crippen LogP contribution >= 0.6 is 0 Å². The van der Waals surface area contributed by atoms with Crippen LogP contribution < -0.4 is 9.64 Å². The van der Waals surface area contributed by atoms with Gasteiger partial charge in [-0.2, -0.15) is 9.97 Å². The number of halogens is 2. The molecule has 4 aromatic rings. The first-order chi connectivity index (χ1) is 17.0. The van der Waals surface area contributed by atoms with E-state index in [1.807, 2.05) is 0 Å². The minimum atomic E-state index is -0.604. The molecule has 0 saturated carbocycles. The maximum absolute atomic E-state index is 16.2. The number of aromatic nitrogens is 2. The third kappa shape index (κ3) is 3.28. The van der Waals surface area contributed by atoms with Gasteiger partial charge >= 0.3 is 6.01 Å². The van der Waals surface area contributed by atoms with E-state index >= 15 is 4.39 Å². The van der Waals surface area contributed by atoms with Crippen molar-refractivity contribution >= 4 is 27.5 Å². The van der Waals surface area contributed by atoms with Crippen LogP contribution in [-0.4, -0.2) is 34.3 Å². The summed E-state index contributed by atoms with van der Waals surface area (Å²) in [6.45, 7) is 0. The highest BCUT2D eigenvalue weighted by atomic mass is 19.1. The summed E-state index contributed by atoms with van der Waals surface area (Å²) in [5.41, 5.74) is 0.588. The third-order valence-corrected chi connectivity index (χ3v) is 7.37. The van der Waals surface area contributed by atoms with Crippen LogP contribution in [0.4, 0.5) is 14.6 Å². The lowest BCUT2D eigenvalue weighted by molar-refractivity contribution is 0.379. The number of nitrogens with zero attached hydrogens (tertiary/aromatic N) is 3. The van der Waals surface area contributed by atoms with Crippen molar-refractivity contribution in [3.8, 4) is 35.2 Å². The Morgan fingerprint density at radius 2 is 1.80 bits per heavy atom. The molecule has 2 unspecified atom stereocenters. The smallest absolute Gasteiger partial charge is 0.318 e. The summed E-state index contributed by atoms with van der Waals surface area (Å²) in [5, 5.41) is 11.8. The minimum Gasteiger partial charge on any atom is -0.508 e. The predicted octanol–water partition coefficient (Wildman–Crippen LogP) is 5.95. The molecule has 0 radical (unpaired) electrons. The van der Waals surface area contributed by atoms with E-state index in [0.29, 0.717) is 39.6 Å². The highest BCUT2D eigenvalue weighted by Gasteiger charge is 2.38. The standard InChI is InChI=1S/C28H23F2N3O2/c1-3-19-23(29)12-7-15-13-18(34)14-22(24(15)19)20-10-11-21-26(25(20)30)31-28(35-2)32-27(21)33-16-5-4-6-17(33)9-8-16/h1,7,10-14,16-17,34H,4-6,8-9H2,2H3. The first-order valence-electron chi connectivity index (χ1n) is 11.7. The Labute approximate surface area is 201 Å². The number of methoxy groups -OCH3 is 1. The number of terminal acetylenes is 1. The number of piperidine rings is 1. The zero-order valence-electron chi connectivity index (χ0n) is 19.2. The van der Waals surface area contributed by atoms with Gasteiger partial charge in [0, 0.05) is 28.4 Å². The molecule has 2 aliphatic rings. The van der Waals surface area contributed by atoms with E-state index in [1.165, 1.54) is 37.8 Å². The molecule has 1 N–H and O–H groups in total. The number of phenolic OH excluding ortho intramolecular Hbond substituents is 1. The second kappa shape index (κ2) is 8.09. The fourth-order valence-electron chi connectivity index (χ4n) is 5.86. The van der Waals surface area contributed by atoms with Crippen molar-refractivity contribution < 1.29 is 18.6 Å². The zero-order chi connectivity index (χ0) is 24.3. The molecule has 2 saturated heterocycles. The number of benzene rings is 3. The van der Waals surface area contributed by atoms with Crippen LogP contribution in [0.25, 0.3) is 32.8 Å². The van der Waals surface area contributed by atoms with Crippen molar-refractivity contribution in [3.05, 3.63) is 53.6 Å². The molecular weight excluding hydrogens is 448 g/mol. The third-order valence-electron chi connectivity index (χ3n) is 7.37. The summed E-state index contributed by atoms with van der Waals surface area (Å²) < 4.78 is 36.2. The second-order valence-corrected chi connectivity index (χ2v) is 9.24. The fraction of sp³-hybridized carbons (Fsp3) is 0.286. The highest BCUT2D eigenvalue weighted by molar-refractivity contribution is 6.04. The van der Waals surface area contributed by atoms with E-state index in [2.05, 4.69) is 20.8 Å². The van der Waals surface area contributed by atoms with Crippen LogP contribution in [0.2, 0.25) is 0 Å². The minimum absolute atomic E-state index is 0.0165. The lowest BCUT2D eigenvalue weighted by Crippen LogP contribution is -2.40. The molecule has 0 spiro atoms. The SMILES string of the molecule is C#Cc1c(F)ccc2cc(O)cc(-c3ccc4c(N5C6CCCC5CC6)nc(OC)nc4c3F)c12. The van der Waals surface area contributed by atoms with E-state index in [1.54, 1.807) is 12.1 Å². The molecule has 3 aromatic carbocycles. The maximum Gasteiger partial charge on any atom is 0.318 e. The van der Waals surface area contributed by atoms with Crippen LogP contribution in [0.5, 0.6) is 11.8 Å². The van der Waals surface area contributed by atoms with Crippen molar-refractivity contribution in [1.82, 2.24) is 9.97 Å². The predicted molar refractivity (Wildman–Crippen MR) is 132 cm³/mol. The van der Waals surface area contributed by atoms with E-state index < -0.39 is 11.6 Å². The Balaban J connectivity index is 1.63. The van der Waals surface area contributed by atoms with Gasteiger partial charge in [-0.15, -0.1) is 6.42 Å². The van der Waals surface area contributed by atoms with Gasteiger partial charge in [-0.1, -0.05) is 18.1 Å². The first-order valence-corrected chi connectivity index (χ1v) is 11.7. The summed E-state index contributed by atoms with van der Waals surface area (Å²) in [5.74, 6) is 1.80. The number of aromatic hydroxyl groups is 1. The molecule has 2 bridgehead atoms. The molecule has 6 rings (SSSR count). The first kappa shape index (κ1) is 21.6. The topological polar surface area (TPSA) is 58.5 Å². The summed E-state index contributed by atoms with van der Waals surface area (Å²) >= 11 is 0. The summed E-state index contributed by atoms with van der Waals surface area (Å²) in [6.07, 6.45) is 11.1. The van der Waals surface area contributed by atoms with Crippen LogP contribution in [0, 0.1) is 24.0 Å². The van der Waals surface area contributed by atoms with E-state index in [-0.39, 0.29) is 28.4 Å². The Morgan fingerprint density at radius 1 is 1.03 bits per heavy atom. The molecule has 2 fully saturated rings. The van der Waals surface area contributed by atoms with E-state index in [9.17, 15) is 9.50 Å². The lowest BCUT2D eigenvalue weighted by atomic mass is 9.93. The molecule has 176 valence electrons. The summed E-state index contributed by atoms with van der Waals surface area (Å²) in [4.78, 5) is 11.3. The summed E-state index contributed by atoms with van der Waals surface area (Å²) in [6, 6.07) is 9.89. The fourth-order valence-corrected chi connectivity index (χ4v) is 5.86. The number of fused-ring (bicyclic) bond motifs is 4. The van der Waals surface area contributed by atoms with Crippen molar-refractivity contribution in [2.75, 3.05) is 12.0 Å². The number of rotatable bonds is 3. The molecule has 7 heteroatoms. The average molecular weight is 472 g/mol. The molecule has 0 aliphatic carbocycles. The normalized spacial score (nSPS) is 19.3. The molecular formula is C28H23F2N3O2. The number of hydrogen-bond donors (Lipinski definition) is 1. The highest BCUT2D eigenvalue weighted by Crippen LogP contribution is 2.43. The van der Waals surface area contributed by atoms with Gasteiger partial charge in [0.2, 0.25) is 0 Å². The van der Waals surface area contributed by atoms with Crippen LogP contribution in [-0.2, 0) is 0 Å². The van der Waals surface area contributed by atoms with Crippen LogP contribution in [0.1, 0.15) is 37.7 Å². The van der Waals surface area contributed by atoms with Gasteiger partial charge in [-0.05, 0) is 67.3 Å². The maximum atomic E-state index is 16.2. The van der Waals surface area contributed by atoms with Crippen molar-refractivity contribution in [2.24, 2.45) is 0 Å². The largest absolute Gasteiger partial charge is 0.508 e. The second-order valence-electron chi connectivity index (χ2n) is 9.24. The van der Waals surface area contributed by atoms with Crippen molar-refractivity contribution in [2.45, 2.75) is 44.2 Å². The van der Waals surface area contributed by atoms with E-state index in [0.717, 1.165) is 25.7 Å². The van der Waals surface area contributed by atoms with Gasteiger partial charge in [0.1, 0.15) is 22.9 Å². The number of hydrogen-bond acceptors (Lipinski definition) is 5. The molecule has 5 nitrogen and oxygen atoms in total. The van der Waals surface area contributed by atoms with Gasteiger partial charge in [-0.3, -0.25) is 0 Å². The quantitative estimate of drug-likeness (QED) is 0.375. The lowest BCUT2D eigenvalue weighted by Gasteiger charge is -2.36. The summed E-state index contributed by atoms with van der Waals surface area (Å²) in [7, 11) is 1.46. The van der Waals surface area contributed by atoms with E-state index in [4.69, 9.17) is 11.2 Å². The van der Waals surface area contributed by atoms with Gasteiger partial charge in [0.15, 0.2) is 5.82 Å². The number of ether oxygens (including phenoxy) is 1. The van der Waals surface area contributed by atoms with Gasteiger partial charge in [-0.25, -0.2) is 8.78 Å².